The number of nitrogens with zero attached hydrogens (tertiary/aromatic N) is 3. The van der Waals surface area contributed by atoms with Gasteiger partial charge >= 0.3 is 0 Å². The van der Waals surface area contributed by atoms with E-state index in [1.54, 1.807) is 16.0 Å². The normalized spacial score (nSPS) is 24.3. The molecule has 1 aromatic heterocycles. The highest BCUT2D eigenvalue weighted by Crippen LogP contribution is 2.48. The van der Waals surface area contributed by atoms with Gasteiger partial charge in [-0.05, 0) is 17.7 Å². The number of pyridine rings is 1. The average Bonchev–Trinajstić information content (AvgIpc) is 3.33. The van der Waals surface area contributed by atoms with Crippen LogP contribution >= 0.6 is 11.8 Å². The van der Waals surface area contributed by atoms with Crippen LogP contribution in [0.2, 0.25) is 0 Å². The number of ether oxygens (including phenoxy) is 2. The maximum absolute atomic E-state index is 15.5. The van der Waals surface area contributed by atoms with Crippen LogP contribution in [0.1, 0.15) is 39.6 Å². The Kier molecular flexibility index (Phi) is 5.50. The number of carbonyl (C=O) groups excluding carboxylic acids is 1. The van der Waals surface area contributed by atoms with Gasteiger partial charge in [-0.1, -0.05) is 24.3 Å². The molecule has 7 rings (SSSR count). The lowest BCUT2D eigenvalue weighted by molar-refractivity contribution is 0.0428. The monoisotopic (exact) mass is 551 g/mol. The summed E-state index contributed by atoms with van der Waals surface area (Å²) in [5.74, 6) is -2.82. The lowest BCUT2D eigenvalue weighted by Gasteiger charge is -2.49. The molecule has 2 atom stereocenters. The number of fused-ring (bicyclic) bond motifs is 8. The zero-order chi connectivity index (χ0) is 26.9. The van der Waals surface area contributed by atoms with Crippen molar-refractivity contribution in [2.45, 2.75) is 28.6 Å². The van der Waals surface area contributed by atoms with Gasteiger partial charge < -0.3 is 19.5 Å². The van der Waals surface area contributed by atoms with Gasteiger partial charge in [-0.2, -0.15) is 0 Å². The first kappa shape index (κ1) is 24.2. The molecule has 5 heterocycles. The minimum Gasteiger partial charge on any atom is -0.502 e. The van der Waals surface area contributed by atoms with Gasteiger partial charge in [0.25, 0.3) is 5.91 Å². The number of benzene rings is 2. The third-order valence-electron chi connectivity index (χ3n) is 7.88. The summed E-state index contributed by atoms with van der Waals surface area (Å²) in [6.07, 6.45) is 5.49. The van der Waals surface area contributed by atoms with Crippen molar-refractivity contribution in [3.63, 3.8) is 0 Å². The van der Waals surface area contributed by atoms with Crippen LogP contribution in [0.5, 0.6) is 11.5 Å². The summed E-state index contributed by atoms with van der Waals surface area (Å²) >= 11 is 1.38. The molecular weight excluding hydrogens is 528 g/mol. The highest BCUT2D eigenvalue weighted by atomic mass is 32.2. The van der Waals surface area contributed by atoms with Gasteiger partial charge in [-0.25, -0.2) is 8.78 Å². The number of thioether (sulfide) groups is 1. The second-order valence-electron chi connectivity index (χ2n) is 9.95. The smallest absolute Gasteiger partial charge is 0.278 e. The van der Waals surface area contributed by atoms with Crippen LogP contribution in [0.25, 0.3) is 0 Å². The van der Waals surface area contributed by atoms with Crippen molar-refractivity contribution in [3.05, 3.63) is 99.0 Å². The molecule has 1 fully saturated rings. The number of aromatic hydroxyl groups is 1. The summed E-state index contributed by atoms with van der Waals surface area (Å²) in [7, 11) is 0. The molecule has 1 spiro atoms. The minimum atomic E-state index is -1.01. The lowest BCUT2D eigenvalue weighted by atomic mass is 9.92. The van der Waals surface area contributed by atoms with Crippen molar-refractivity contribution in [2.75, 3.05) is 31.5 Å². The van der Waals surface area contributed by atoms with Crippen molar-refractivity contribution in [1.82, 2.24) is 9.58 Å². The maximum Gasteiger partial charge on any atom is 0.278 e. The third-order valence-corrected chi connectivity index (χ3v) is 8.99. The van der Waals surface area contributed by atoms with E-state index < -0.39 is 40.3 Å². The molecule has 8 nitrogen and oxygen atoms in total. The van der Waals surface area contributed by atoms with Crippen LogP contribution in [-0.2, 0) is 10.5 Å². The molecule has 11 heteroatoms. The number of aromatic nitrogens is 1. The van der Waals surface area contributed by atoms with E-state index in [-0.39, 0.29) is 42.6 Å². The van der Waals surface area contributed by atoms with Gasteiger partial charge in [0.1, 0.15) is 25.1 Å². The first-order chi connectivity index (χ1) is 18.9. The summed E-state index contributed by atoms with van der Waals surface area (Å²) in [6.45, 7) is 0.688. The Hall–Kier alpha value is -3.83. The maximum atomic E-state index is 15.5. The summed E-state index contributed by atoms with van der Waals surface area (Å²) < 4.78 is 43.7. The zero-order valence-corrected chi connectivity index (χ0v) is 21.4. The topological polar surface area (TPSA) is 84.2 Å². The Bertz CT molecular complexity index is 1620. The number of hydrogen-bond acceptors (Lipinski definition) is 7. The summed E-state index contributed by atoms with van der Waals surface area (Å²) in [5.41, 5.74) is -0.391. The van der Waals surface area contributed by atoms with Crippen LogP contribution < -0.4 is 15.2 Å². The summed E-state index contributed by atoms with van der Waals surface area (Å²) in [6, 6.07) is 9.04. The number of hydrogen-bond donors (Lipinski definition) is 1. The fraction of sp³-hybridized carbons (Fsp3) is 0.286. The van der Waals surface area contributed by atoms with Crippen LogP contribution in [0.3, 0.4) is 0 Å². The number of rotatable bonds is 0. The van der Waals surface area contributed by atoms with Gasteiger partial charge in [0.05, 0.1) is 12.1 Å². The van der Waals surface area contributed by atoms with Crippen molar-refractivity contribution < 1.29 is 28.2 Å². The molecule has 1 N–H and O–H groups in total. The molecule has 4 aliphatic heterocycles. The average molecular weight is 552 g/mol. The standard InChI is InChI=1S/C28H23F2N3O5S/c29-18-12-20-22-17(23(18)30)13-39-21-5-2-1-4-16(21)24(22)33-15-31(28(7-3-10-38-20)8-11-37-14-28)27(36)25-26(35)19(34)6-9-32(25)33/h1-7,9,12,24,35H,8,10-11,13-15H2/b7-3-/t24-,28-/m1/s1. The van der Waals surface area contributed by atoms with Gasteiger partial charge in [0.15, 0.2) is 23.1 Å². The van der Waals surface area contributed by atoms with Crippen LogP contribution in [0.4, 0.5) is 8.78 Å². The number of halogens is 2. The molecule has 1 saturated heterocycles. The molecule has 200 valence electrons. The fourth-order valence-electron chi connectivity index (χ4n) is 5.97. The van der Waals surface area contributed by atoms with E-state index in [4.69, 9.17) is 9.47 Å². The predicted octanol–water partition coefficient (Wildman–Crippen LogP) is 3.69. The van der Waals surface area contributed by atoms with E-state index >= 15 is 4.39 Å². The van der Waals surface area contributed by atoms with E-state index in [2.05, 4.69) is 0 Å². The second kappa shape index (κ2) is 8.85. The second-order valence-corrected chi connectivity index (χ2v) is 11.0. The van der Waals surface area contributed by atoms with Crippen LogP contribution in [0, 0.1) is 11.6 Å². The van der Waals surface area contributed by atoms with Gasteiger partial charge in [0, 0.05) is 53.1 Å². The summed E-state index contributed by atoms with van der Waals surface area (Å²) in [5, 5.41) is 12.7. The molecule has 0 saturated carbocycles. The van der Waals surface area contributed by atoms with E-state index in [9.17, 15) is 19.1 Å². The summed E-state index contributed by atoms with van der Waals surface area (Å²) in [4.78, 5) is 29.0. The van der Waals surface area contributed by atoms with Crippen LogP contribution in [0.15, 0.2) is 64.4 Å². The SMILES string of the molecule is O=C1c2c(O)c(=O)ccn2N2CN1[C@]1(/C=C\COc3cc(F)c(F)c4c3[C@H]2c2ccccc2SC4)CCOC1. The third kappa shape index (κ3) is 3.52. The van der Waals surface area contributed by atoms with E-state index in [0.29, 0.717) is 18.6 Å². The molecule has 39 heavy (non-hydrogen) atoms. The largest absolute Gasteiger partial charge is 0.502 e. The molecule has 0 unspecified atom stereocenters. The lowest BCUT2D eigenvalue weighted by Crippen LogP contribution is -2.62. The fourth-order valence-corrected chi connectivity index (χ4v) is 7.08. The molecule has 2 aromatic carbocycles. The molecule has 2 bridgehead atoms. The van der Waals surface area contributed by atoms with E-state index in [1.165, 1.54) is 28.7 Å². The van der Waals surface area contributed by atoms with Crippen molar-refractivity contribution in [3.8, 4) is 11.5 Å². The number of carbonyl (C=O) groups is 1. The molecule has 1 amide bonds. The Morgan fingerprint density at radius 3 is 2.82 bits per heavy atom. The number of amides is 1. The Morgan fingerprint density at radius 2 is 2.00 bits per heavy atom. The van der Waals surface area contributed by atoms with Crippen molar-refractivity contribution in [2.24, 2.45) is 0 Å². The molecule has 4 aliphatic rings. The van der Waals surface area contributed by atoms with Crippen molar-refractivity contribution >= 4 is 17.7 Å². The van der Waals surface area contributed by atoms with Gasteiger partial charge in [-0.15, -0.1) is 11.8 Å². The highest BCUT2D eigenvalue weighted by Gasteiger charge is 2.48. The van der Waals surface area contributed by atoms with E-state index in [0.717, 1.165) is 16.5 Å². The van der Waals surface area contributed by atoms with E-state index in [1.807, 2.05) is 30.3 Å². The highest BCUT2D eigenvalue weighted by molar-refractivity contribution is 7.98. The molecular formula is C28H23F2N3O5S. The molecule has 3 aromatic rings. The molecule has 0 aliphatic carbocycles. The Balaban J connectivity index is 1.58. The predicted molar refractivity (Wildman–Crippen MR) is 139 cm³/mol. The van der Waals surface area contributed by atoms with Crippen LogP contribution in [-0.4, -0.2) is 52.6 Å². The molecule has 0 radical (unpaired) electrons. The van der Waals surface area contributed by atoms with Crippen molar-refractivity contribution in [1.29, 1.82) is 0 Å². The quantitative estimate of drug-likeness (QED) is 0.427. The van der Waals surface area contributed by atoms with Gasteiger partial charge in [0.2, 0.25) is 5.43 Å². The van der Waals surface area contributed by atoms with Gasteiger partial charge in [-0.3, -0.25) is 19.3 Å². The Labute approximate surface area is 226 Å². The minimum absolute atomic E-state index is 0.0172. The first-order valence-corrected chi connectivity index (χ1v) is 13.5. The first-order valence-electron chi connectivity index (χ1n) is 12.5. The Morgan fingerprint density at radius 1 is 1.15 bits per heavy atom. The zero-order valence-electron chi connectivity index (χ0n) is 20.6.